The van der Waals surface area contributed by atoms with E-state index in [-0.39, 0.29) is 6.03 Å². The summed E-state index contributed by atoms with van der Waals surface area (Å²) in [6.45, 7) is 4.53. The van der Waals surface area contributed by atoms with E-state index >= 15 is 0 Å². The molecule has 0 aliphatic heterocycles. The van der Waals surface area contributed by atoms with Gasteiger partial charge in [0.2, 0.25) is 0 Å². The van der Waals surface area contributed by atoms with Gasteiger partial charge in [-0.2, -0.15) is 5.10 Å². The minimum Gasteiger partial charge on any atom is -0.332 e. The SMILES string of the molecule is Cc1nc2ccccn2c1CNC(=O)Nc1cnn(C(C)C2CC2)c1. The summed E-state index contributed by atoms with van der Waals surface area (Å²) in [6, 6.07) is 5.99. The molecule has 1 aliphatic rings. The molecule has 4 rings (SSSR count). The van der Waals surface area contributed by atoms with Crippen LogP contribution in [0.15, 0.2) is 36.8 Å². The Bertz CT molecular complexity index is 907. The van der Waals surface area contributed by atoms with E-state index in [9.17, 15) is 4.79 Å². The number of nitrogens with one attached hydrogen (secondary N) is 2. The van der Waals surface area contributed by atoms with Crippen molar-refractivity contribution >= 4 is 17.4 Å². The first kappa shape index (κ1) is 15.7. The lowest BCUT2D eigenvalue weighted by Crippen LogP contribution is -2.28. The quantitative estimate of drug-likeness (QED) is 0.750. The minimum atomic E-state index is -0.246. The number of imidazole rings is 1. The lowest BCUT2D eigenvalue weighted by atomic mass is 10.2. The van der Waals surface area contributed by atoms with Crippen LogP contribution in [0.25, 0.3) is 5.65 Å². The summed E-state index contributed by atoms with van der Waals surface area (Å²) < 4.78 is 3.92. The van der Waals surface area contributed by atoms with Crippen LogP contribution < -0.4 is 10.6 Å². The van der Waals surface area contributed by atoms with Crippen LogP contribution in [0.1, 0.15) is 37.2 Å². The Kier molecular flexibility index (Phi) is 3.91. The van der Waals surface area contributed by atoms with Crippen molar-refractivity contribution in [2.24, 2.45) is 5.92 Å². The summed E-state index contributed by atoms with van der Waals surface area (Å²) in [5.74, 6) is 0.722. The van der Waals surface area contributed by atoms with Gasteiger partial charge in [0.1, 0.15) is 5.65 Å². The first-order chi connectivity index (χ1) is 12.1. The van der Waals surface area contributed by atoms with E-state index in [4.69, 9.17) is 0 Å². The van der Waals surface area contributed by atoms with Crippen LogP contribution in [0.4, 0.5) is 10.5 Å². The third-order valence-corrected chi connectivity index (χ3v) is 4.83. The van der Waals surface area contributed by atoms with Crippen molar-refractivity contribution in [2.75, 3.05) is 5.32 Å². The van der Waals surface area contributed by atoms with E-state index in [1.54, 1.807) is 6.20 Å². The number of anilines is 1. The third-order valence-electron chi connectivity index (χ3n) is 4.83. The number of hydrogen-bond acceptors (Lipinski definition) is 3. The van der Waals surface area contributed by atoms with Gasteiger partial charge in [-0.25, -0.2) is 9.78 Å². The topological polar surface area (TPSA) is 76.2 Å². The normalized spacial score (nSPS) is 15.3. The summed E-state index contributed by atoms with van der Waals surface area (Å²) in [5.41, 5.74) is 3.48. The summed E-state index contributed by atoms with van der Waals surface area (Å²) in [7, 11) is 0. The van der Waals surface area contributed by atoms with Gasteiger partial charge in [0, 0.05) is 12.4 Å². The second-order valence-corrected chi connectivity index (χ2v) is 6.67. The molecule has 3 aromatic rings. The number of rotatable bonds is 5. The fourth-order valence-electron chi connectivity index (χ4n) is 3.14. The van der Waals surface area contributed by atoms with Gasteiger partial charge in [-0.15, -0.1) is 0 Å². The predicted octanol–water partition coefficient (Wildman–Crippen LogP) is 3.13. The van der Waals surface area contributed by atoms with Crippen molar-refractivity contribution in [2.45, 2.75) is 39.3 Å². The Hall–Kier alpha value is -2.83. The van der Waals surface area contributed by atoms with Crippen LogP contribution >= 0.6 is 0 Å². The zero-order valence-corrected chi connectivity index (χ0v) is 14.4. The van der Waals surface area contributed by atoms with Crippen LogP contribution in [-0.4, -0.2) is 25.2 Å². The van der Waals surface area contributed by atoms with Crippen LogP contribution in [-0.2, 0) is 6.54 Å². The first-order valence-corrected chi connectivity index (χ1v) is 8.63. The van der Waals surface area contributed by atoms with E-state index in [0.29, 0.717) is 18.3 Å². The number of nitrogens with zero attached hydrogens (tertiary/aromatic N) is 4. The molecule has 1 saturated carbocycles. The number of pyridine rings is 1. The molecule has 2 N–H and O–H groups in total. The highest BCUT2D eigenvalue weighted by Gasteiger charge is 2.29. The molecule has 130 valence electrons. The van der Waals surface area contributed by atoms with Gasteiger partial charge >= 0.3 is 6.03 Å². The van der Waals surface area contributed by atoms with E-state index in [2.05, 4.69) is 27.6 Å². The number of carbonyl (C=O) groups is 1. The summed E-state index contributed by atoms with van der Waals surface area (Å²) >= 11 is 0. The molecule has 0 aromatic carbocycles. The lowest BCUT2D eigenvalue weighted by Gasteiger charge is -2.10. The van der Waals surface area contributed by atoms with Crippen molar-refractivity contribution in [3.05, 3.63) is 48.2 Å². The Balaban J connectivity index is 1.38. The first-order valence-electron chi connectivity index (χ1n) is 8.63. The summed E-state index contributed by atoms with van der Waals surface area (Å²) in [5, 5.41) is 10.1. The molecule has 3 aromatic heterocycles. The Morgan fingerprint density at radius 1 is 1.40 bits per heavy atom. The van der Waals surface area contributed by atoms with Crippen LogP contribution in [0.2, 0.25) is 0 Å². The van der Waals surface area contributed by atoms with E-state index < -0.39 is 0 Å². The highest BCUT2D eigenvalue weighted by Crippen LogP contribution is 2.39. The number of hydrogen-bond donors (Lipinski definition) is 2. The molecule has 0 bridgehead atoms. The maximum atomic E-state index is 12.2. The van der Waals surface area contributed by atoms with Gasteiger partial charge in [0.05, 0.1) is 35.9 Å². The molecule has 7 heteroatoms. The van der Waals surface area contributed by atoms with Crippen molar-refractivity contribution < 1.29 is 4.79 Å². The predicted molar refractivity (Wildman–Crippen MR) is 95.4 cm³/mol. The molecule has 3 heterocycles. The molecule has 0 radical (unpaired) electrons. The van der Waals surface area contributed by atoms with Gasteiger partial charge < -0.3 is 15.0 Å². The number of carbonyl (C=O) groups excluding carboxylic acids is 1. The summed E-state index contributed by atoms with van der Waals surface area (Å²) in [4.78, 5) is 16.7. The molecule has 25 heavy (non-hydrogen) atoms. The van der Waals surface area contributed by atoms with Gasteiger partial charge in [-0.1, -0.05) is 6.07 Å². The largest absolute Gasteiger partial charge is 0.332 e. The van der Waals surface area contributed by atoms with Crippen LogP contribution in [0.3, 0.4) is 0 Å². The Morgan fingerprint density at radius 2 is 2.24 bits per heavy atom. The van der Waals surface area contributed by atoms with Crippen LogP contribution in [0, 0.1) is 12.8 Å². The highest BCUT2D eigenvalue weighted by atomic mass is 16.2. The van der Waals surface area contributed by atoms with Crippen molar-refractivity contribution in [3.63, 3.8) is 0 Å². The zero-order chi connectivity index (χ0) is 17.4. The van der Waals surface area contributed by atoms with E-state index in [1.165, 1.54) is 12.8 Å². The van der Waals surface area contributed by atoms with Crippen molar-refractivity contribution in [1.82, 2.24) is 24.5 Å². The average Bonchev–Trinajstić information content (AvgIpc) is 3.26. The molecule has 7 nitrogen and oxygen atoms in total. The lowest BCUT2D eigenvalue weighted by molar-refractivity contribution is 0.251. The fourth-order valence-corrected chi connectivity index (χ4v) is 3.14. The second-order valence-electron chi connectivity index (χ2n) is 6.67. The Morgan fingerprint density at radius 3 is 3.04 bits per heavy atom. The molecule has 1 fully saturated rings. The van der Waals surface area contributed by atoms with E-state index in [0.717, 1.165) is 23.0 Å². The van der Waals surface area contributed by atoms with Gasteiger partial charge in [-0.05, 0) is 44.7 Å². The number of fused-ring (bicyclic) bond motifs is 1. The molecular weight excluding hydrogens is 316 g/mol. The van der Waals surface area contributed by atoms with E-state index in [1.807, 2.05) is 46.6 Å². The molecule has 1 atom stereocenters. The fraction of sp³-hybridized carbons (Fsp3) is 0.389. The number of aryl methyl sites for hydroxylation is 1. The second kappa shape index (κ2) is 6.23. The standard InChI is InChI=1S/C18H22N6O/c1-12-16(23-8-4-3-5-17(23)21-12)10-19-18(25)22-15-9-20-24(11-15)13(2)14-6-7-14/h3-5,8-9,11,13-14H,6-7,10H2,1-2H3,(H2,19,22,25). The molecule has 0 saturated heterocycles. The third kappa shape index (κ3) is 3.22. The molecule has 1 aliphatic carbocycles. The Labute approximate surface area is 146 Å². The number of urea groups is 1. The van der Waals surface area contributed by atoms with Gasteiger partial charge in [0.25, 0.3) is 0 Å². The average molecular weight is 338 g/mol. The molecule has 2 amide bonds. The molecule has 0 spiro atoms. The maximum absolute atomic E-state index is 12.2. The maximum Gasteiger partial charge on any atom is 0.319 e. The summed E-state index contributed by atoms with van der Waals surface area (Å²) in [6.07, 6.45) is 8.07. The molecular formula is C18H22N6O. The molecule has 1 unspecified atom stereocenters. The van der Waals surface area contributed by atoms with Crippen LogP contribution in [0.5, 0.6) is 0 Å². The number of amides is 2. The zero-order valence-electron chi connectivity index (χ0n) is 14.4. The minimum absolute atomic E-state index is 0.246. The number of aromatic nitrogens is 4. The van der Waals surface area contributed by atoms with Gasteiger partial charge in [-0.3, -0.25) is 4.68 Å². The highest BCUT2D eigenvalue weighted by molar-refractivity contribution is 5.88. The van der Waals surface area contributed by atoms with Crippen molar-refractivity contribution in [1.29, 1.82) is 0 Å². The smallest absolute Gasteiger partial charge is 0.319 e. The monoisotopic (exact) mass is 338 g/mol. The van der Waals surface area contributed by atoms with Gasteiger partial charge in [0.15, 0.2) is 0 Å². The van der Waals surface area contributed by atoms with Crippen molar-refractivity contribution in [3.8, 4) is 0 Å².